The number of hydrogen-bond acceptors (Lipinski definition) is 4. The summed E-state index contributed by atoms with van der Waals surface area (Å²) in [6.45, 7) is 1.81. The monoisotopic (exact) mass is 351 g/mol. The first kappa shape index (κ1) is 16.1. The van der Waals surface area contributed by atoms with E-state index in [2.05, 4.69) is 20.7 Å². The van der Waals surface area contributed by atoms with Crippen LogP contribution in [0.1, 0.15) is 17.3 Å². The smallest absolute Gasteiger partial charge is 0.335 e. The number of nitrogens with one attached hydrogen (secondary N) is 1. The fourth-order valence-electron chi connectivity index (χ4n) is 1.23. The molecule has 8 heteroatoms. The van der Waals surface area contributed by atoms with Gasteiger partial charge < -0.3 is 9.84 Å². The van der Waals surface area contributed by atoms with Gasteiger partial charge >= 0.3 is 5.97 Å². The average molecular weight is 352 g/mol. The zero-order valence-electron chi connectivity index (χ0n) is 10.4. The van der Waals surface area contributed by atoms with Crippen molar-refractivity contribution in [3.05, 3.63) is 28.2 Å². The number of ether oxygens (including phenoxy) is 1. The molecule has 0 saturated heterocycles. The molecule has 0 aliphatic carbocycles. The lowest BCUT2D eigenvalue weighted by Gasteiger charge is -2.12. The summed E-state index contributed by atoms with van der Waals surface area (Å²) in [7, 11) is -2.32. The third-order valence-corrected chi connectivity index (χ3v) is 4.85. The van der Waals surface area contributed by atoms with Gasteiger partial charge in [-0.3, -0.25) is 0 Å². The van der Waals surface area contributed by atoms with Gasteiger partial charge in [0.15, 0.2) is 0 Å². The largest absolute Gasteiger partial charge is 0.478 e. The summed E-state index contributed by atoms with van der Waals surface area (Å²) in [6.07, 6.45) is -0.281. The number of halogens is 1. The summed E-state index contributed by atoms with van der Waals surface area (Å²) in [5, 5.41) is 8.87. The number of hydrogen-bond donors (Lipinski definition) is 2. The Morgan fingerprint density at radius 1 is 1.53 bits per heavy atom. The molecule has 19 heavy (non-hydrogen) atoms. The van der Waals surface area contributed by atoms with E-state index in [9.17, 15) is 13.2 Å². The number of methoxy groups -OCH3 is 1. The molecule has 106 valence electrons. The molecule has 1 atom stereocenters. The zero-order chi connectivity index (χ0) is 14.6. The van der Waals surface area contributed by atoms with Crippen molar-refractivity contribution in [2.45, 2.75) is 17.9 Å². The first-order valence-corrected chi connectivity index (χ1v) is 7.61. The highest BCUT2D eigenvalue weighted by Gasteiger charge is 2.20. The molecule has 0 saturated carbocycles. The molecule has 0 spiro atoms. The van der Waals surface area contributed by atoms with Crippen LogP contribution in [0.4, 0.5) is 0 Å². The quantitative estimate of drug-likeness (QED) is 0.809. The third-order valence-electron chi connectivity index (χ3n) is 2.43. The van der Waals surface area contributed by atoms with Gasteiger partial charge in [-0.25, -0.2) is 17.9 Å². The summed E-state index contributed by atoms with van der Waals surface area (Å²) >= 11 is 3.10. The van der Waals surface area contributed by atoms with Crippen LogP contribution in [0.15, 0.2) is 27.6 Å². The van der Waals surface area contributed by atoms with E-state index in [1.54, 1.807) is 6.92 Å². The predicted molar refractivity (Wildman–Crippen MR) is 72.8 cm³/mol. The minimum atomic E-state index is -3.79. The highest BCUT2D eigenvalue weighted by molar-refractivity contribution is 9.10. The van der Waals surface area contributed by atoms with E-state index >= 15 is 0 Å². The van der Waals surface area contributed by atoms with Crippen molar-refractivity contribution in [1.82, 2.24) is 4.72 Å². The van der Waals surface area contributed by atoms with Gasteiger partial charge in [-0.15, -0.1) is 0 Å². The van der Waals surface area contributed by atoms with E-state index in [4.69, 9.17) is 9.84 Å². The van der Waals surface area contributed by atoms with Gasteiger partial charge in [0.1, 0.15) is 0 Å². The van der Waals surface area contributed by atoms with E-state index in [0.29, 0.717) is 4.47 Å². The molecular formula is C11H14BrNO5S. The SMILES string of the molecule is COC(C)CNS(=O)(=O)c1cc(C(=O)O)ccc1Br. The number of carboxylic acids is 1. The fraction of sp³-hybridized carbons (Fsp3) is 0.364. The van der Waals surface area contributed by atoms with E-state index in [1.165, 1.54) is 19.2 Å². The number of rotatable bonds is 6. The molecule has 2 N–H and O–H groups in total. The molecule has 1 aromatic rings. The van der Waals surface area contributed by atoms with Crippen LogP contribution in [0.2, 0.25) is 0 Å². The standard InChI is InChI=1S/C11H14BrNO5S/c1-7(18-2)6-13-19(16,17)10-5-8(11(14)15)3-4-9(10)12/h3-5,7,13H,6H2,1-2H3,(H,14,15). The highest BCUT2D eigenvalue weighted by atomic mass is 79.9. The second-order valence-corrected chi connectivity index (χ2v) is 6.44. The summed E-state index contributed by atoms with van der Waals surface area (Å²) in [5.74, 6) is -1.19. The number of sulfonamides is 1. The van der Waals surface area contributed by atoms with Crippen molar-refractivity contribution in [1.29, 1.82) is 0 Å². The third kappa shape index (κ3) is 4.27. The lowest BCUT2D eigenvalue weighted by atomic mass is 10.2. The van der Waals surface area contributed by atoms with Crippen LogP contribution in [0.3, 0.4) is 0 Å². The lowest BCUT2D eigenvalue weighted by molar-refractivity contribution is 0.0696. The van der Waals surface area contributed by atoms with Crippen LogP contribution in [0.25, 0.3) is 0 Å². The Labute approximate surface area is 120 Å². The number of benzene rings is 1. The van der Waals surface area contributed by atoms with Crippen molar-refractivity contribution in [2.75, 3.05) is 13.7 Å². The van der Waals surface area contributed by atoms with E-state index in [-0.39, 0.29) is 23.1 Å². The molecule has 0 aliphatic rings. The van der Waals surface area contributed by atoms with Crippen LogP contribution >= 0.6 is 15.9 Å². The van der Waals surface area contributed by atoms with Gasteiger partial charge in [0.25, 0.3) is 0 Å². The molecule has 1 rings (SSSR count). The Morgan fingerprint density at radius 3 is 2.68 bits per heavy atom. The van der Waals surface area contributed by atoms with Crippen molar-refractivity contribution in [3.63, 3.8) is 0 Å². The maximum absolute atomic E-state index is 12.1. The van der Waals surface area contributed by atoms with Crippen LogP contribution in [0.5, 0.6) is 0 Å². The normalized spacial score (nSPS) is 13.2. The summed E-state index contributed by atoms with van der Waals surface area (Å²) in [6, 6.07) is 3.81. The first-order chi connectivity index (χ1) is 8.77. The zero-order valence-corrected chi connectivity index (χ0v) is 12.8. The summed E-state index contributed by atoms with van der Waals surface area (Å²) in [5.41, 5.74) is -0.0941. The van der Waals surface area contributed by atoms with Gasteiger partial charge in [0.05, 0.1) is 16.6 Å². The van der Waals surface area contributed by atoms with Gasteiger partial charge in [-0.1, -0.05) is 0 Å². The highest BCUT2D eigenvalue weighted by Crippen LogP contribution is 2.23. The van der Waals surface area contributed by atoms with Crippen LogP contribution in [-0.2, 0) is 14.8 Å². The molecule has 0 fully saturated rings. The maximum atomic E-state index is 12.1. The number of aromatic carboxylic acids is 1. The van der Waals surface area contributed by atoms with Crippen molar-refractivity contribution >= 4 is 31.9 Å². The molecule has 0 heterocycles. The van der Waals surface area contributed by atoms with Gasteiger partial charge in [-0.05, 0) is 41.1 Å². The average Bonchev–Trinajstić information content (AvgIpc) is 2.36. The lowest BCUT2D eigenvalue weighted by Crippen LogP contribution is -2.32. The minimum absolute atomic E-state index is 0.0941. The maximum Gasteiger partial charge on any atom is 0.335 e. The molecule has 0 aliphatic heterocycles. The van der Waals surface area contributed by atoms with Crippen LogP contribution < -0.4 is 4.72 Å². The first-order valence-electron chi connectivity index (χ1n) is 5.33. The van der Waals surface area contributed by atoms with Crippen molar-refractivity contribution < 1.29 is 23.1 Å². The topological polar surface area (TPSA) is 92.7 Å². The van der Waals surface area contributed by atoms with Crippen LogP contribution in [-0.4, -0.2) is 39.3 Å². The summed E-state index contributed by atoms with van der Waals surface area (Å²) in [4.78, 5) is 10.7. The Morgan fingerprint density at radius 2 is 2.16 bits per heavy atom. The predicted octanol–water partition coefficient (Wildman–Crippen LogP) is 1.46. The van der Waals surface area contributed by atoms with Crippen molar-refractivity contribution in [2.24, 2.45) is 0 Å². The minimum Gasteiger partial charge on any atom is -0.478 e. The van der Waals surface area contributed by atoms with Gasteiger partial charge in [0.2, 0.25) is 10.0 Å². The van der Waals surface area contributed by atoms with E-state index in [0.717, 1.165) is 6.07 Å². The molecule has 0 aromatic heterocycles. The molecule has 1 aromatic carbocycles. The molecule has 0 bridgehead atoms. The number of carbonyl (C=O) groups is 1. The van der Waals surface area contributed by atoms with Crippen LogP contribution in [0, 0.1) is 0 Å². The molecule has 1 unspecified atom stereocenters. The van der Waals surface area contributed by atoms with E-state index in [1.807, 2.05) is 0 Å². The Balaban J connectivity index is 3.06. The van der Waals surface area contributed by atoms with Gasteiger partial charge in [0, 0.05) is 18.1 Å². The van der Waals surface area contributed by atoms with E-state index < -0.39 is 16.0 Å². The fourth-order valence-corrected chi connectivity index (χ4v) is 3.33. The summed E-state index contributed by atoms with van der Waals surface area (Å²) < 4.78 is 31.7. The molecule has 0 amide bonds. The Bertz CT molecular complexity index is 572. The molecule has 6 nitrogen and oxygen atoms in total. The molecule has 0 radical (unpaired) electrons. The second-order valence-electron chi connectivity index (χ2n) is 3.85. The Hall–Kier alpha value is -0.960. The number of carboxylic acid groups (broad SMARTS) is 1. The molecular weight excluding hydrogens is 338 g/mol. The second kappa shape index (κ2) is 6.47. The Kier molecular flexibility index (Phi) is 5.48. The van der Waals surface area contributed by atoms with Gasteiger partial charge in [-0.2, -0.15) is 0 Å². The van der Waals surface area contributed by atoms with Crippen molar-refractivity contribution in [3.8, 4) is 0 Å².